The van der Waals surface area contributed by atoms with Gasteiger partial charge in [0.1, 0.15) is 0 Å². The molecule has 3 heteroatoms. The molecule has 0 saturated carbocycles. The van der Waals surface area contributed by atoms with Gasteiger partial charge in [0.05, 0.1) is 0 Å². The molecule has 0 spiro atoms. The quantitative estimate of drug-likeness (QED) is 0.404. The van der Waals surface area contributed by atoms with Gasteiger partial charge in [-0.15, -0.1) is 23.2 Å². The minimum absolute atomic E-state index is 0. The van der Waals surface area contributed by atoms with Crippen molar-refractivity contribution in [2.45, 2.75) is 25.7 Å². The molecule has 0 aromatic carbocycles. The molecule has 0 amide bonds. The molecular weight excluding hydrogens is 232 g/mol. The molecule has 0 aromatic rings. The van der Waals surface area contributed by atoms with Gasteiger partial charge in [-0.25, -0.2) is 0 Å². The third kappa shape index (κ3) is 35.0. The molecule has 0 atom stereocenters. The van der Waals surface area contributed by atoms with Crippen LogP contribution in [-0.2, 0) is 19.5 Å². The van der Waals surface area contributed by atoms with Crippen LogP contribution < -0.4 is 0 Å². The van der Waals surface area contributed by atoms with Gasteiger partial charge in [-0.1, -0.05) is 12.8 Å². The van der Waals surface area contributed by atoms with E-state index in [0.717, 1.165) is 37.4 Å². The fourth-order valence-corrected chi connectivity index (χ4v) is 0.567. The maximum absolute atomic E-state index is 5.26. The van der Waals surface area contributed by atoms with Gasteiger partial charge in [0.15, 0.2) is 0 Å². The fraction of sp³-hybridized carbons (Fsp3) is 0.750. The zero-order chi connectivity index (χ0) is 8.24. The van der Waals surface area contributed by atoms with E-state index < -0.39 is 0 Å². The van der Waals surface area contributed by atoms with E-state index in [0.29, 0.717) is 0 Å². The van der Waals surface area contributed by atoms with Gasteiger partial charge in [0.25, 0.3) is 0 Å². The van der Waals surface area contributed by atoms with Crippen molar-refractivity contribution in [3.63, 3.8) is 0 Å². The summed E-state index contributed by atoms with van der Waals surface area (Å²) in [5, 5.41) is 0. The average molecular weight is 249 g/mol. The summed E-state index contributed by atoms with van der Waals surface area (Å²) in [5.41, 5.74) is 0. The van der Waals surface area contributed by atoms with Crippen molar-refractivity contribution in [2.75, 3.05) is 11.8 Å². The van der Waals surface area contributed by atoms with Gasteiger partial charge in [0.2, 0.25) is 0 Å². The topological polar surface area (TPSA) is 0 Å². The zero-order valence-corrected chi connectivity index (χ0v) is 11.6. The van der Waals surface area contributed by atoms with E-state index in [4.69, 9.17) is 23.2 Å². The van der Waals surface area contributed by atoms with Crippen LogP contribution in [0.3, 0.4) is 0 Å². The number of halogens is 2. The first kappa shape index (κ1) is 18.1. The summed E-state index contributed by atoms with van der Waals surface area (Å²) in [7, 11) is 0. The van der Waals surface area contributed by atoms with Crippen LogP contribution in [0.2, 0.25) is 0 Å². The van der Waals surface area contributed by atoms with Crippen LogP contribution in [0.4, 0.5) is 0 Å². The van der Waals surface area contributed by atoms with Gasteiger partial charge < -0.3 is 13.8 Å². The van der Waals surface area contributed by atoms with E-state index in [9.17, 15) is 0 Å². The minimum atomic E-state index is 0. The average Bonchev–Trinajstić information content (AvgIpc) is 1.93. The molecule has 0 aliphatic carbocycles. The van der Waals surface area contributed by atoms with Crippen LogP contribution in [0, 0.1) is 13.8 Å². The molecule has 0 fully saturated rings. The molecule has 0 aliphatic rings. The standard InChI is InChI=1S/2C4H8Cl.Zn/c2*1-2-3-4-5;/h2*1-4H2;/q2*-1;+2. The van der Waals surface area contributed by atoms with Crippen LogP contribution in [0.25, 0.3) is 0 Å². The molecule has 0 aromatic heterocycles. The van der Waals surface area contributed by atoms with E-state index in [-0.39, 0.29) is 19.5 Å². The molecule has 0 bridgehead atoms. The smallest absolute Gasteiger partial charge is 0.343 e. The third-order valence-electron chi connectivity index (χ3n) is 0.767. The second-order valence-corrected chi connectivity index (χ2v) is 2.55. The Morgan fingerprint density at radius 3 is 1.09 bits per heavy atom. The van der Waals surface area contributed by atoms with Crippen LogP contribution in [0.15, 0.2) is 0 Å². The van der Waals surface area contributed by atoms with E-state index in [1.807, 2.05) is 0 Å². The van der Waals surface area contributed by atoms with Gasteiger partial charge in [0, 0.05) is 11.8 Å². The fourth-order valence-electron chi connectivity index (χ4n) is 0.189. The van der Waals surface area contributed by atoms with Crippen molar-refractivity contribution in [1.29, 1.82) is 0 Å². The van der Waals surface area contributed by atoms with E-state index >= 15 is 0 Å². The molecule has 64 valence electrons. The molecule has 0 saturated heterocycles. The summed E-state index contributed by atoms with van der Waals surface area (Å²) in [6.07, 6.45) is 4.01. The molecule has 0 radical (unpaired) electrons. The van der Waals surface area contributed by atoms with Gasteiger partial charge >= 0.3 is 19.5 Å². The van der Waals surface area contributed by atoms with E-state index in [2.05, 4.69) is 13.8 Å². The molecule has 0 unspecified atom stereocenters. The first-order valence-electron chi connectivity index (χ1n) is 3.53. The summed E-state index contributed by atoms with van der Waals surface area (Å²) >= 11 is 10.5. The zero-order valence-electron chi connectivity index (χ0n) is 7.12. The third-order valence-corrected chi connectivity index (χ3v) is 1.30. The normalized spacial score (nSPS) is 7.64. The summed E-state index contributed by atoms with van der Waals surface area (Å²) in [6, 6.07) is 0. The molecule has 0 heterocycles. The summed E-state index contributed by atoms with van der Waals surface area (Å²) in [6.45, 7) is 7.18. The molecule has 0 aliphatic heterocycles. The molecule has 11 heavy (non-hydrogen) atoms. The number of unbranched alkanes of at least 4 members (excludes halogenated alkanes) is 2. The second kappa shape index (κ2) is 22.5. The van der Waals surface area contributed by atoms with Crippen molar-refractivity contribution in [3.05, 3.63) is 13.8 Å². The van der Waals surface area contributed by atoms with Crippen molar-refractivity contribution in [2.24, 2.45) is 0 Å². The largest absolute Gasteiger partial charge is 2.00 e. The first-order chi connectivity index (χ1) is 4.83. The maximum atomic E-state index is 5.26. The monoisotopic (exact) mass is 246 g/mol. The summed E-state index contributed by atoms with van der Waals surface area (Å²) in [5.74, 6) is 1.51. The second-order valence-electron chi connectivity index (χ2n) is 1.79. The molecule has 0 N–H and O–H groups in total. The number of hydrogen-bond acceptors (Lipinski definition) is 0. The van der Waals surface area contributed by atoms with Crippen LogP contribution >= 0.6 is 23.2 Å². The Kier molecular flexibility index (Phi) is 37.0. The minimum Gasteiger partial charge on any atom is -0.343 e. The SMILES string of the molecule is [CH2-]CCCCl.[CH2-]CCCCl.[Zn+2]. The van der Waals surface area contributed by atoms with Crippen LogP contribution in [-0.4, -0.2) is 11.8 Å². The van der Waals surface area contributed by atoms with E-state index in [1.54, 1.807) is 0 Å². The number of alkyl halides is 2. The van der Waals surface area contributed by atoms with Gasteiger partial charge in [-0.05, 0) is 0 Å². The molecular formula is C8H16Cl2Zn. The Morgan fingerprint density at radius 2 is 1.09 bits per heavy atom. The van der Waals surface area contributed by atoms with Crippen LogP contribution in [0.5, 0.6) is 0 Å². The Morgan fingerprint density at radius 1 is 0.818 bits per heavy atom. The number of hydrogen-bond donors (Lipinski definition) is 0. The first-order valence-corrected chi connectivity index (χ1v) is 4.60. The predicted octanol–water partition coefficient (Wildman–Crippen LogP) is 3.68. The Bertz CT molecular complexity index is 33.1. The molecule has 0 rings (SSSR count). The summed E-state index contributed by atoms with van der Waals surface area (Å²) < 4.78 is 0. The van der Waals surface area contributed by atoms with Gasteiger partial charge in [-0.2, -0.15) is 12.8 Å². The number of rotatable bonds is 4. The van der Waals surface area contributed by atoms with E-state index in [1.165, 1.54) is 0 Å². The van der Waals surface area contributed by atoms with Crippen molar-refractivity contribution in [1.82, 2.24) is 0 Å². The summed E-state index contributed by atoms with van der Waals surface area (Å²) in [4.78, 5) is 0. The van der Waals surface area contributed by atoms with Crippen LogP contribution in [0.1, 0.15) is 25.7 Å². The van der Waals surface area contributed by atoms with Crippen molar-refractivity contribution < 1.29 is 19.5 Å². The van der Waals surface area contributed by atoms with Crippen molar-refractivity contribution >= 4 is 23.2 Å². The Hall–Kier alpha value is 1.20. The maximum Gasteiger partial charge on any atom is 2.00 e. The predicted molar refractivity (Wildman–Crippen MR) is 50.6 cm³/mol. The van der Waals surface area contributed by atoms with Crippen molar-refractivity contribution in [3.8, 4) is 0 Å². The van der Waals surface area contributed by atoms with Gasteiger partial charge in [-0.3, -0.25) is 0 Å². The molecule has 0 nitrogen and oxygen atoms in total. The Balaban J connectivity index is -0.000000107. The Labute approximate surface area is 93.8 Å².